The number of benzene rings is 2. The van der Waals surface area contributed by atoms with Crippen molar-refractivity contribution in [2.45, 2.75) is 18.7 Å². The first-order valence-corrected chi connectivity index (χ1v) is 9.67. The number of sulfone groups is 1. The fourth-order valence-corrected chi connectivity index (χ4v) is 3.57. The smallest absolute Gasteiger partial charge is 0.357 e. The number of hydrogen-bond donors (Lipinski definition) is 0. The number of nitrogens with zero attached hydrogens (tertiary/aromatic N) is 2. The molecule has 3 aromatic rings. The van der Waals surface area contributed by atoms with Crippen molar-refractivity contribution in [1.29, 1.82) is 0 Å². The van der Waals surface area contributed by atoms with Crippen molar-refractivity contribution in [2.24, 2.45) is 0 Å². The van der Waals surface area contributed by atoms with E-state index in [4.69, 9.17) is 4.74 Å². The van der Waals surface area contributed by atoms with Crippen molar-refractivity contribution >= 4 is 26.6 Å². The topological polar surface area (TPSA) is 78.3 Å². The third-order valence-electron chi connectivity index (χ3n) is 3.77. The largest absolute Gasteiger partial charge is 0.461 e. The van der Waals surface area contributed by atoms with Crippen LogP contribution in [-0.4, -0.2) is 37.0 Å². The van der Waals surface area contributed by atoms with Gasteiger partial charge in [-0.3, -0.25) is 0 Å². The fraction of sp³-hybridized carbons (Fsp3) is 0.222. The molecule has 0 bridgehead atoms. The molecule has 0 saturated heterocycles. The second-order valence-electron chi connectivity index (χ2n) is 5.74. The van der Waals surface area contributed by atoms with Crippen molar-refractivity contribution in [3.63, 3.8) is 0 Å². The van der Waals surface area contributed by atoms with Gasteiger partial charge in [-0.25, -0.2) is 17.9 Å². The van der Waals surface area contributed by atoms with Crippen LogP contribution in [0.5, 0.6) is 0 Å². The van der Waals surface area contributed by atoms with E-state index in [0.717, 1.165) is 17.0 Å². The highest BCUT2D eigenvalue weighted by Crippen LogP contribution is 2.28. The molecule has 1 aromatic heterocycles. The summed E-state index contributed by atoms with van der Waals surface area (Å²) in [4.78, 5) is 12.4. The lowest BCUT2D eigenvalue weighted by atomic mass is 10.1. The number of fused-ring (bicyclic) bond motifs is 1. The van der Waals surface area contributed by atoms with Gasteiger partial charge in [0.2, 0.25) is 0 Å². The molecule has 3 rings (SSSR count). The lowest BCUT2D eigenvalue weighted by molar-refractivity contribution is 0.0515. The van der Waals surface area contributed by atoms with Crippen LogP contribution in [0.3, 0.4) is 0 Å². The van der Waals surface area contributed by atoms with Crippen molar-refractivity contribution in [1.82, 2.24) is 9.78 Å². The molecule has 0 unspecified atom stereocenters. The molecule has 0 saturated carbocycles. The number of esters is 1. The van der Waals surface area contributed by atoms with E-state index < -0.39 is 15.8 Å². The second-order valence-corrected chi connectivity index (χ2v) is 7.73. The van der Waals surface area contributed by atoms with E-state index in [-0.39, 0.29) is 17.2 Å². The van der Waals surface area contributed by atoms with Crippen molar-refractivity contribution in [2.75, 3.05) is 12.9 Å². The van der Waals surface area contributed by atoms with Gasteiger partial charge in [0.15, 0.2) is 15.5 Å². The predicted molar refractivity (Wildman–Crippen MR) is 94.9 cm³/mol. The van der Waals surface area contributed by atoms with Gasteiger partial charge in [-0.2, -0.15) is 5.10 Å². The SMILES string of the molecule is CCOC(=O)c1cc(C)nn1-c1cc2ccccc2cc1S(C)(=O)=O. The van der Waals surface area contributed by atoms with Crippen LogP contribution in [0.4, 0.5) is 0 Å². The van der Waals surface area contributed by atoms with Crippen LogP contribution >= 0.6 is 0 Å². The minimum Gasteiger partial charge on any atom is -0.461 e. The van der Waals surface area contributed by atoms with Crippen LogP contribution in [0.15, 0.2) is 47.4 Å². The van der Waals surface area contributed by atoms with E-state index in [2.05, 4.69) is 5.10 Å². The Kier molecular flexibility index (Phi) is 4.34. The van der Waals surface area contributed by atoms with Gasteiger partial charge in [-0.15, -0.1) is 0 Å². The average molecular weight is 358 g/mol. The maximum Gasteiger partial charge on any atom is 0.357 e. The lowest BCUT2D eigenvalue weighted by Gasteiger charge is -2.13. The van der Waals surface area contributed by atoms with Crippen LogP contribution in [0.25, 0.3) is 16.5 Å². The van der Waals surface area contributed by atoms with Gasteiger partial charge in [-0.05, 0) is 42.8 Å². The van der Waals surface area contributed by atoms with Gasteiger partial charge < -0.3 is 4.74 Å². The normalized spacial score (nSPS) is 11.6. The van der Waals surface area contributed by atoms with E-state index in [9.17, 15) is 13.2 Å². The Morgan fingerprint density at radius 2 is 1.80 bits per heavy atom. The van der Waals surface area contributed by atoms with Crippen molar-refractivity contribution in [3.05, 3.63) is 53.9 Å². The number of aromatic nitrogens is 2. The molecule has 130 valence electrons. The van der Waals surface area contributed by atoms with E-state index >= 15 is 0 Å². The van der Waals surface area contributed by atoms with Crippen molar-refractivity contribution in [3.8, 4) is 5.69 Å². The molecule has 0 aliphatic heterocycles. The van der Waals surface area contributed by atoms with Gasteiger partial charge in [0.1, 0.15) is 0 Å². The number of rotatable bonds is 4. The fourth-order valence-electron chi connectivity index (χ4n) is 2.70. The molecule has 0 radical (unpaired) electrons. The van der Waals surface area contributed by atoms with E-state index in [1.807, 2.05) is 24.3 Å². The third kappa shape index (κ3) is 3.28. The Morgan fingerprint density at radius 3 is 2.40 bits per heavy atom. The number of hydrogen-bond acceptors (Lipinski definition) is 5. The van der Waals surface area contributed by atoms with Gasteiger partial charge >= 0.3 is 5.97 Å². The van der Waals surface area contributed by atoms with E-state index in [1.54, 1.807) is 32.0 Å². The first-order chi connectivity index (χ1) is 11.8. The van der Waals surface area contributed by atoms with Crippen LogP contribution in [0.1, 0.15) is 23.1 Å². The zero-order valence-electron chi connectivity index (χ0n) is 14.2. The standard InChI is InChI=1S/C18H18N2O4S/c1-4-24-18(21)16-9-12(2)19-20(16)15-10-13-7-5-6-8-14(13)11-17(15)25(3,22)23/h5-11H,4H2,1-3H3. The average Bonchev–Trinajstić information content (AvgIpc) is 2.95. The van der Waals surface area contributed by atoms with Gasteiger partial charge in [0, 0.05) is 6.26 Å². The molecule has 0 spiro atoms. The predicted octanol–water partition coefficient (Wildman–Crippen LogP) is 2.91. The minimum absolute atomic E-state index is 0.111. The van der Waals surface area contributed by atoms with Crippen LogP contribution < -0.4 is 0 Å². The number of carbonyl (C=O) groups excluding carboxylic acids is 1. The molecule has 1 heterocycles. The Morgan fingerprint density at radius 1 is 1.16 bits per heavy atom. The monoisotopic (exact) mass is 358 g/mol. The molecule has 0 amide bonds. The Hall–Kier alpha value is -2.67. The molecule has 25 heavy (non-hydrogen) atoms. The summed E-state index contributed by atoms with van der Waals surface area (Å²) in [5.74, 6) is -0.546. The third-order valence-corrected chi connectivity index (χ3v) is 4.90. The summed E-state index contributed by atoms with van der Waals surface area (Å²) in [6, 6.07) is 12.3. The minimum atomic E-state index is -3.53. The van der Waals surface area contributed by atoms with Crippen LogP contribution in [-0.2, 0) is 14.6 Å². The molecule has 7 heteroatoms. The number of ether oxygens (including phenoxy) is 1. The lowest BCUT2D eigenvalue weighted by Crippen LogP contribution is -2.14. The maximum absolute atomic E-state index is 12.3. The Balaban J connectivity index is 2.34. The second kappa shape index (κ2) is 6.33. The number of carbonyl (C=O) groups is 1. The molecule has 0 atom stereocenters. The summed E-state index contributed by atoms with van der Waals surface area (Å²) in [5, 5.41) is 5.97. The Bertz CT molecular complexity index is 1070. The highest BCUT2D eigenvalue weighted by Gasteiger charge is 2.22. The van der Waals surface area contributed by atoms with Gasteiger partial charge in [0.05, 0.1) is 22.9 Å². The summed E-state index contributed by atoms with van der Waals surface area (Å²) < 4.78 is 31.1. The molecule has 0 N–H and O–H groups in total. The summed E-state index contributed by atoms with van der Waals surface area (Å²) in [6.07, 6.45) is 1.14. The number of aryl methyl sites for hydroxylation is 1. The molecule has 6 nitrogen and oxygen atoms in total. The summed E-state index contributed by atoms with van der Waals surface area (Å²) in [7, 11) is -3.53. The summed E-state index contributed by atoms with van der Waals surface area (Å²) >= 11 is 0. The zero-order valence-corrected chi connectivity index (χ0v) is 15.0. The quantitative estimate of drug-likeness (QED) is 0.670. The van der Waals surface area contributed by atoms with Gasteiger partial charge in [-0.1, -0.05) is 24.3 Å². The molecular weight excluding hydrogens is 340 g/mol. The molecule has 0 aliphatic carbocycles. The van der Waals surface area contributed by atoms with Crippen LogP contribution in [0.2, 0.25) is 0 Å². The first kappa shape index (κ1) is 17.2. The van der Waals surface area contributed by atoms with Crippen LogP contribution in [0, 0.1) is 6.92 Å². The zero-order chi connectivity index (χ0) is 18.2. The van der Waals surface area contributed by atoms with E-state index in [1.165, 1.54) is 4.68 Å². The highest BCUT2D eigenvalue weighted by molar-refractivity contribution is 7.90. The molecule has 0 aliphatic rings. The van der Waals surface area contributed by atoms with Gasteiger partial charge in [0.25, 0.3) is 0 Å². The maximum atomic E-state index is 12.3. The summed E-state index contributed by atoms with van der Waals surface area (Å²) in [5.41, 5.74) is 1.12. The molecular formula is C18H18N2O4S. The van der Waals surface area contributed by atoms with E-state index in [0.29, 0.717) is 11.4 Å². The molecule has 2 aromatic carbocycles. The first-order valence-electron chi connectivity index (χ1n) is 7.78. The highest BCUT2D eigenvalue weighted by atomic mass is 32.2. The summed E-state index contributed by atoms with van der Waals surface area (Å²) in [6.45, 7) is 3.67. The Labute approximate surface area is 146 Å². The van der Waals surface area contributed by atoms with Crippen molar-refractivity contribution < 1.29 is 17.9 Å². The molecule has 0 fully saturated rings.